The minimum Gasteiger partial charge on any atom is -0.459 e. The van der Waals surface area contributed by atoms with E-state index >= 15 is 0 Å². The molecule has 0 N–H and O–H groups in total. The molecule has 0 radical (unpaired) electrons. The third kappa shape index (κ3) is 2.95. The highest BCUT2D eigenvalue weighted by atomic mass is 19.4. The molecule has 3 aromatic rings. The van der Waals surface area contributed by atoms with Crippen molar-refractivity contribution in [2.75, 3.05) is 13.1 Å². The van der Waals surface area contributed by atoms with Crippen molar-refractivity contribution < 1.29 is 22.4 Å². The Morgan fingerprint density at radius 2 is 1.96 bits per heavy atom. The van der Waals surface area contributed by atoms with Gasteiger partial charge in [-0.1, -0.05) is 0 Å². The molecule has 0 spiro atoms. The molecule has 1 aliphatic heterocycles. The number of aromatic nitrogens is 2. The van der Waals surface area contributed by atoms with E-state index in [0.717, 1.165) is 12.1 Å². The Kier molecular flexibility index (Phi) is 3.97. The number of rotatable bonds is 2. The SMILES string of the molecule is O=C(c1ccco1)N1CCC(n2cnc3cc(C(F)(F)F)ccc32)CC1. The van der Waals surface area contributed by atoms with Crippen LogP contribution >= 0.6 is 0 Å². The number of benzene rings is 1. The number of carbonyl (C=O) groups is 1. The number of nitrogens with zero attached hydrogens (tertiary/aromatic N) is 3. The van der Waals surface area contributed by atoms with Crippen molar-refractivity contribution in [3.8, 4) is 0 Å². The summed E-state index contributed by atoms with van der Waals surface area (Å²) in [7, 11) is 0. The summed E-state index contributed by atoms with van der Waals surface area (Å²) in [5.74, 6) is 0.176. The minimum atomic E-state index is -4.38. The van der Waals surface area contributed by atoms with Crippen LogP contribution in [0.5, 0.6) is 0 Å². The fourth-order valence-electron chi connectivity index (χ4n) is 3.40. The first-order chi connectivity index (χ1) is 12.4. The summed E-state index contributed by atoms with van der Waals surface area (Å²) in [6.07, 6.45) is 0.0830. The summed E-state index contributed by atoms with van der Waals surface area (Å²) in [4.78, 5) is 18.2. The Morgan fingerprint density at radius 3 is 2.62 bits per heavy atom. The van der Waals surface area contributed by atoms with Gasteiger partial charge in [-0.3, -0.25) is 4.79 Å². The van der Waals surface area contributed by atoms with E-state index in [9.17, 15) is 18.0 Å². The number of piperidine rings is 1. The van der Waals surface area contributed by atoms with Gasteiger partial charge in [0, 0.05) is 19.1 Å². The average molecular weight is 363 g/mol. The molecule has 136 valence electrons. The van der Waals surface area contributed by atoms with Crippen LogP contribution in [-0.4, -0.2) is 33.4 Å². The fraction of sp³-hybridized carbons (Fsp3) is 0.333. The van der Waals surface area contributed by atoms with Crippen LogP contribution in [0.15, 0.2) is 47.3 Å². The van der Waals surface area contributed by atoms with Gasteiger partial charge < -0.3 is 13.9 Å². The lowest BCUT2D eigenvalue weighted by atomic mass is 10.0. The standard InChI is InChI=1S/C18H16F3N3O2/c19-18(20,21)12-3-4-15-14(10-12)22-11-24(15)13-5-7-23(8-6-13)17(25)16-2-1-9-26-16/h1-4,9-11,13H,5-8H2. The van der Waals surface area contributed by atoms with Crippen LogP contribution in [0.2, 0.25) is 0 Å². The number of halogens is 3. The van der Waals surface area contributed by atoms with E-state index in [1.54, 1.807) is 23.4 Å². The zero-order valence-electron chi connectivity index (χ0n) is 13.7. The van der Waals surface area contributed by atoms with Gasteiger partial charge in [-0.25, -0.2) is 4.98 Å². The first kappa shape index (κ1) is 16.7. The molecule has 0 aliphatic carbocycles. The van der Waals surface area contributed by atoms with E-state index in [1.165, 1.54) is 12.3 Å². The van der Waals surface area contributed by atoms with Crippen LogP contribution in [-0.2, 0) is 6.18 Å². The van der Waals surface area contributed by atoms with Crippen molar-refractivity contribution in [1.29, 1.82) is 0 Å². The maximum absolute atomic E-state index is 12.8. The van der Waals surface area contributed by atoms with Crippen LogP contribution in [0.1, 0.15) is 35.0 Å². The molecule has 0 bridgehead atoms. The summed E-state index contributed by atoms with van der Waals surface area (Å²) < 4.78 is 45.6. The monoisotopic (exact) mass is 363 g/mol. The second-order valence-electron chi connectivity index (χ2n) is 6.35. The number of hydrogen-bond acceptors (Lipinski definition) is 3. The molecule has 0 atom stereocenters. The molecule has 1 aliphatic rings. The van der Waals surface area contributed by atoms with Gasteiger partial charge in [0.1, 0.15) is 0 Å². The smallest absolute Gasteiger partial charge is 0.416 e. The van der Waals surface area contributed by atoms with Crippen LogP contribution < -0.4 is 0 Å². The van der Waals surface area contributed by atoms with E-state index in [0.29, 0.717) is 42.7 Å². The zero-order chi connectivity index (χ0) is 18.3. The van der Waals surface area contributed by atoms with Gasteiger partial charge in [-0.15, -0.1) is 0 Å². The van der Waals surface area contributed by atoms with Crippen LogP contribution in [0.3, 0.4) is 0 Å². The van der Waals surface area contributed by atoms with Gasteiger partial charge in [-0.05, 0) is 43.2 Å². The van der Waals surface area contributed by atoms with Gasteiger partial charge in [0.15, 0.2) is 5.76 Å². The summed E-state index contributed by atoms with van der Waals surface area (Å²) in [5, 5.41) is 0. The third-order valence-electron chi connectivity index (χ3n) is 4.78. The van der Waals surface area contributed by atoms with Gasteiger partial charge in [-0.2, -0.15) is 13.2 Å². The summed E-state index contributed by atoms with van der Waals surface area (Å²) in [6.45, 7) is 1.12. The second kappa shape index (κ2) is 6.19. The van der Waals surface area contributed by atoms with Crippen molar-refractivity contribution in [1.82, 2.24) is 14.5 Å². The van der Waals surface area contributed by atoms with E-state index in [1.807, 2.05) is 4.57 Å². The molecular formula is C18H16F3N3O2. The summed E-state index contributed by atoms with van der Waals surface area (Å²) in [6, 6.07) is 7.02. The van der Waals surface area contributed by atoms with Crippen LogP contribution in [0.25, 0.3) is 11.0 Å². The van der Waals surface area contributed by atoms with E-state index in [4.69, 9.17) is 4.42 Å². The fourth-order valence-corrected chi connectivity index (χ4v) is 3.40. The number of alkyl halides is 3. The highest BCUT2D eigenvalue weighted by Gasteiger charge is 2.31. The van der Waals surface area contributed by atoms with Gasteiger partial charge in [0.2, 0.25) is 0 Å². The molecule has 5 nitrogen and oxygen atoms in total. The van der Waals surface area contributed by atoms with E-state index < -0.39 is 11.7 Å². The van der Waals surface area contributed by atoms with Crippen molar-refractivity contribution in [3.63, 3.8) is 0 Å². The number of hydrogen-bond donors (Lipinski definition) is 0. The highest BCUT2D eigenvalue weighted by Crippen LogP contribution is 2.33. The van der Waals surface area contributed by atoms with Crippen LogP contribution in [0, 0.1) is 0 Å². The first-order valence-corrected chi connectivity index (χ1v) is 8.30. The van der Waals surface area contributed by atoms with Crippen molar-refractivity contribution in [3.05, 3.63) is 54.2 Å². The molecule has 1 fully saturated rings. The molecule has 26 heavy (non-hydrogen) atoms. The van der Waals surface area contributed by atoms with Gasteiger partial charge >= 0.3 is 6.18 Å². The minimum absolute atomic E-state index is 0.0948. The molecule has 2 aromatic heterocycles. The molecule has 4 rings (SSSR count). The largest absolute Gasteiger partial charge is 0.459 e. The summed E-state index contributed by atoms with van der Waals surface area (Å²) >= 11 is 0. The third-order valence-corrected chi connectivity index (χ3v) is 4.78. The highest BCUT2D eigenvalue weighted by molar-refractivity contribution is 5.91. The molecule has 3 heterocycles. The maximum Gasteiger partial charge on any atom is 0.416 e. The zero-order valence-corrected chi connectivity index (χ0v) is 13.7. The van der Waals surface area contributed by atoms with E-state index in [-0.39, 0.29) is 11.9 Å². The Balaban J connectivity index is 1.50. The summed E-state index contributed by atoms with van der Waals surface area (Å²) in [5.41, 5.74) is 0.303. The lowest BCUT2D eigenvalue weighted by Gasteiger charge is -2.32. The number of likely N-dealkylation sites (tertiary alicyclic amines) is 1. The molecule has 8 heteroatoms. The molecule has 1 saturated heterocycles. The maximum atomic E-state index is 12.8. The number of fused-ring (bicyclic) bond motifs is 1. The predicted octanol–water partition coefficient (Wildman–Crippen LogP) is 4.13. The Morgan fingerprint density at radius 1 is 1.19 bits per heavy atom. The lowest BCUT2D eigenvalue weighted by Crippen LogP contribution is -2.38. The van der Waals surface area contributed by atoms with Crippen LogP contribution in [0.4, 0.5) is 13.2 Å². The number of imidazole rings is 1. The number of carbonyl (C=O) groups excluding carboxylic acids is 1. The van der Waals surface area contributed by atoms with Crippen molar-refractivity contribution >= 4 is 16.9 Å². The Hall–Kier alpha value is -2.77. The van der Waals surface area contributed by atoms with E-state index in [2.05, 4.69) is 4.98 Å². The number of furan rings is 1. The van der Waals surface area contributed by atoms with Crippen molar-refractivity contribution in [2.24, 2.45) is 0 Å². The lowest BCUT2D eigenvalue weighted by molar-refractivity contribution is -0.137. The molecule has 0 saturated carbocycles. The van der Waals surface area contributed by atoms with Gasteiger partial charge in [0.25, 0.3) is 5.91 Å². The predicted molar refractivity (Wildman–Crippen MR) is 87.6 cm³/mol. The molecule has 0 unspecified atom stereocenters. The first-order valence-electron chi connectivity index (χ1n) is 8.30. The molecule has 1 amide bonds. The molecular weight excluding hydrogens is 347 g/mol. The average Bonchev–Trinajstić information content (AvgIpc) is 3.30. The Bertz CT molecular complexity index is 923. The Labute approximate surface area is 147 Å². The normalized spacial score (nSPS) is 16.3. The van der Waals surface area contributed by atoms with Gasteiger partial charge in [0.05, 0.1) is 29.2 Å². The quantitative estimate of drug-likeness (QED) is 0.688. The molecule has 1 aromatic carbocycles. The number of amides is 1. The van der Waals surface area contributed by atoms with Crippen molar-refractivity contribution in [2.45, 2.75) is 25.1 Å². The topological polar surface area (TPSA) is 51.3 Å². The second-order valence-corrected chi connectivity index (χ2v) is 6.35.